The van der Waals surface area contributed by atoms with Gasteiger partial charge in [-0.2, -0.15) is 0 Å². The molecular formula is C60H121N2O4Si3+. The Labute approximate surface area is 438 Å². The van der Waals surface area contributed by atoms with Crippen molar-refractivity contribution in [2.45, 2.75) is 265 Å². The molecule has 0 aliphatic carbocycles. The summed E-state index contributed by atoms with van der Waals surface area (Å²) in [6, 6.07) is 3.59. The van der Waals surface area contributed by atoms with E-state index in [1.165, 1.54) is 184 Å². The van der Waals surface area contributed by atoms with Crippen molar-refractivity contribution in [1.29, 1.82) is 0 Å². The van der Waals surface area contributed by atoms with E-state index in [1.54, 1.807) is 0 Å². The van der Waals surface area contributed by atoms with Gasteiger partial charge in [-0.15, -0.1) is 0 Å². The van der Waals surface area contributed by atoms with Crippen LogP contribution >= 0.6 is 0 Å². The number of rotatable bonds is 55. The normalized spacial score (nSPS) is 13.8. The molecule has 0 aromatic heterocycles. The molecule has 0 heterocycles. The molecule has 9 heteroatoms. The summed E-state index contributed by atoms with van der Waals surface area (Å²) in [4.78, 5) is 2.60. The van der Waals surface area contributed by atoms with Crippen molar-refractivity contribution in [3.63, 3.8) is 0 Å². The monoisotopic (exact) mass is 1020 g/mol. The summed E-state index contributed by atoms with van der Waals surface area (Å²) >= 11 is 0. The van der Waals surface area contributed by atoms with Crippen molar-refractivity contribution < 1.29 is 22.2 Å². The molecule has 1 unspecified atom stereocenters. The van der Waals surface area contributed by atoms with Crippen molar-refractivity contribution in [3.8, 4) is 0 Å². The maximum atomic E-state index is 6.74. The zero-order valence-corrected chi connectivity index (χ0v) is 51.1. The fraction of sp³-hybridized carbons (Fsp3) is 0.867. The lowest BCUT2D eigenvalue weighted by Gasteiger charge is -2.36. The quantitative estimate of drug-likeness (QED) is 0.0263. The van der Waals surface area contributed by atoms with Crippen molar-refractivity contribution in [2.75, 3.05) is 73.2 Å². The maximum absolute atomic E-state index is 6.74. The van der Waals surface area contributed by atoms with Crippen LogP contribution in [0.2, 0.25) is 37.8 Å². The molecule has 0 saturated carbocycles. The molecule has 6 nitrogen and oxygen atoms in total. The predicted molar refractivity (Wildman–Crippen MR) is 314 cm³/mol. The van der Waals surface area contributed by atoms with Gasteiger partial charge in [0.1, 0.15) is 0 Å². The Bertz CT molecular complexity index is 1130. The van der Waals surface area contributed by atoms with Crippen LogP contribution in [0.15, 0.2) is 48.6 Å². The molecule has 1 atom stereocenters. The third-order valence-corrected chi connectivity index (χ3v) is 20.5. The van der Waals surface area contributed by atoms with Gasteiger partial charge in [0.05, 0.1) is 26.7 Å². The molecule has 0 N–H and O–H groups in total. The van der Waals surface area contributed by atoms with Crippen molar-refractivity contribution >= 4 is 26.6 Å². The lowest BCUT2D eigenvalue weighted by atomic mass is 10.2. The van der Waals surface area contributed by atoms with Gasteiger partial charge in [0.15, 0.2) is 0 Å². The second kappa shape index (κ2) is 50.9. The second-order valence-corrected chi connectivity index (χ2v) is 29.2. The van der Waals surface area contributed by atoms with Crippen LogP contribution in [0, 0.1) is 0 Å². The molecule has 0 spiro atoms. The number of allylic oxidation sites excluding steroid dienone is 8. The Morgan fingerprint density at radius 3 is 1.04 bits per heavy atom. The first-order valence-corrected chi connectivity index (χ1v) is 36.7. The van der Waals surface area contributed by atoms with Gasteiger partial charge >= 0.3 is 17.1 Å². The Hall–Kier alpha value is -0.629. The van der Waals surface area contributed by atoms with Gasteiger partial charge in [-0.3, -0.25) is 0 Å². The lowest BCUT2D eigenvalue weighted by Crippen LogP contribution is -2.47. The molecule has 69 heavy (non-hydrogen) atoms. The minimum Gasteiger partial charge on any atom is -0.394 e. The number of nitrogens with zero attached hydrogens (tertiary/aromatic N) is 2. The standard InChI is InChI=1S/C60H121N2O4Si3/c1-10-14-18-22-26-30-34-41-54-63-68(8,64-55-42-35-31-27-23-19-15-11-2)59-46-38-49-61(5)50-48-53-62(6,51-39-45-58-67-7)52-40-47-60-69(9,65-56-43-36-32-28-24-20-16-12-3)66-57-44-37-33-29-25-21-17-13-4/h26-33H,10-25,34-60H2,1-9H3/q+1/b30-26-,31-27-,32-28-,33-29-. The van der Waals surface area contributed by atoms with E-state index in [4.69, 9.17) is 17.7 Å². The number of hydrogen-bond donors (Lipinski definition) is 0. The summed E-state index contributed by atoms with van der Waals surface area (Å²) in [7, 11) is 1.53. The molecule has 2 radical (unpaired) electrons. The third kappa shape index (κ3) is 46.9. The van der Waals surface area contributed by atoms with E-state index in [1.807, 2.05) is 0 Å². The third-order valence-electron chi connectivity index (χ3n) is 13.9. The smallest absolute Gasteiger partial charge is 0.334 e. The molecule has 0 rings (SSSR count). The van der Waals surface area contributed by atoms with Crippen LogP contribution in [0.25, 0.3) is 0 Å². The fourth-order valence-electron chi connectivity index (χ4n) is 9.05. The average Bonchev–Trinajstić information content (AvgIpc) is 3.34. The van der Waals surface area contributed by atoms with E-state index in [2.05, 4.69) is 115 Å². The first kappa shape index (κ1) is 68.4. The molecule has 0 aliphatic heterocycles. The summed E-state index contributed by atoms with van der Waals surface area (Å²) in [5.74, 6) is 0. The summed E-state index contributed by atoms with van der Waals surface area (Å²) in [6.45, 7) is 25.7. The van der Waals surface area contributed by atoms with Crippen LogP contribution < -0.4 is 0 Å². The van der Waals surface area contributed by atoms with Crippen molar-refractivity contribution in [3.05, 3.63) is 48.6 Å². The van der Waals surface area contributed by atoms with Crippen molar-refractivity contribution in [2.24, 2.45) is 0 Å². The minimum absolute atomic E-state index is 0.826. The van der Waals surface area contributed by atoms with Gasteiger partial charge in [0.25, 0.3) is 0 Å². The van der Waals surface area contributed by atoms with Crippen LogP contribution in [-0.2, 0) is 17.7 Å². The van der Waals surface area contributed by atoms with Gasteiger partial charge < -0.3 is 27.1 Å². The zero-order chi connectivity index (χ0) is 50.7. The Kier molecular flexibility index (Phi) is 50.4. The first-order chi connectivity index (χ1) is 33.6. The second-order valence-electron chi connectivity index (χ2n) is 21.3. The molecule has 0 aromatic carbocycles. The molecule has 406 valence electrons. The highest BCUT2D eigenvalue weighted by Gasteiger charge is 2.32. The van der Waals surface area contributed by atoms with Crippen LogP contribution in [0.3, 0.4) is 0 Å². The van der Waals surface area contributed by atoms with Crippen LogP contribution in [0.4, 0.5) is 0 Å². The van der Waals surface area contributed by atoms with Gasteiger partial charge in [-0.1, -0.05) is 153 Å². The number of quaternary nitrogens is 1. The van der Waals surface area contributed by atoms with Crippen LogP contribution in [0.1, 0.15) is 227 Å². The van der Waals surface area contributed by atoms with Crippen LogP contribution in [-0.4, -0.2) is 109 Å². The van der Waals surface area contributed by atoms with E-state index >= 15 is 0 Å². The summed E-state index contributed by atoms with van der Waals surface area (Å²) in [5, 5.41) is 0. The summed E-state index contributed by atoms with van der Waals surface area (Å²) < 4.78 is 28.1. The van der Waals surface area contributed by atoms with E-state index in [9.17, 15) is 0 Å². The predicted octanol–water partition coefficient (Wildman–Crippen LogP) is 18.1. The Balaban J connectivity index is 5.17. The molecule has 0 amide bonds. The van der Waals surface area contributed by atoms with E-state index < -0.39 is 17.1 Å². The highest BCUT2D eigenvalue weighted by atomic mass is 28.4. The molecular weight excluding hydrogens is 897 g/mol. The van der Waals surface area contributed by atoms with E-state index in [-0.39, 0.29) is 0 Å². The van der Waals surface area contributed by atoms with Gasteiger partial charge in [0.2, 0.25) is 0 Å². The molecule has 0 aliphatic rings. The topological polar surface area (TPSA) is 40.2 Å². The van der Waals surface area contributed by atoms with Crippen molar-refractivity contribution in [1.82, 2.24) is 4.90 Å². The zero-order valence-electron chi connectivity index (χ0n) is 48.1. The Morgan fingerprint density at radius 2 is 0.696 bits per heavy atom. The maximum Gasteiger partial charge on any atom is 0.334 e. The number of hydrogen-bond acceptors (Lipinski definition) is 5. The molecule has 0 saturated heterocycles. The minimum atomic E-state index is -2.24. The van der Waals surface area contributed by atoms with Gasteiger partial charge in [0, 0.05) is 48.9 Å². The summed E-state index contributed by atoms with van der Waals surface area (Å²) in [6.07, 6.45) is 57.3. The average molecular weight is 1020 g/mol. The SMILES string of the molecule is CCCCC/C=C\CCCO[Si](C)(CCCCN(C)CCC[N+](C)(CCCC[Si]C)CCCC[Si](C)(OCCC/C=C\CCCCC)OCCC/C=C\CCCCC)OCCC/C=C\CCCCC. The van der Waals surface area contributed by atoms with E-state index in [0.29, 0.717) is 0 Å². The fourth-order valence-corrected chi connectivity index (χ4v) is 14.5. The first-order valence-electron chi connectivity index (χ1n) is 29.9. The number of unbranched alkanes of at least 4 members (excludes halogenated alkanes) is 19. The highest BCUT2D eigenvalue weighted by molar-refractivity contribution is 6.66. The van der Waals surface area contributed by atoms with Crippen LogP contribution in [0.5, 0.6) is 0 Å². The highest BCUT2D eigenvalue weighted by Crippen LogP contribution is 2.22. The Morgan fingerprint density at radius 1 is 0.391 bits per heavy atom. The molecule has 0 fully saturated rings. The lowest BCUT2D eigenvalue weighted by molar-refractivity contribution is -0.910. The molecule has 0 aromatic rings. The molecule has 0 bridgehead atoms. The van der Waals surface area contributed by atoms with E-state index in [0.717, 1.165) is 106 Å². The summed E-state index contributed by atoms with van der Waals surface area (Å²) in [5.41, 5.74) is 0. The largest absolute Gasteiger partial charge is 0.394 e. The van der Waals surface area contributed by atoms with Gasteiger partial charge in [-0.05, 0) is 167 Å². The van der Waals surface area contributed by atoms with Gasteiger partial charge in [-0.25, -0.2) is 0 Å².